The molecule has 2 aromatic carbocycles. The smallest absolute Gasteiger partial charge is 0.243 e. The van der Waals surface area contributed by atoms with E-state index in [1.807, 2.05) is 6.07 Å². The first-order valence-electron chi connectivity index (χ1n) is 14.8. The Morgan fingerprint density at radius 2 is 1.70 bits per heavy atom. The maximum Gasteiger partial charge on any atom is 0.243 e. The van der Waals surface area contributed by atoms with Crippen LogP contribution in [0.5, 0.6) is 5.88 Å². The number of hydrogen-bond acceptors (Lipinski definition) is 7. The Morgan fingerprint density at radius 1 is 1.00 bits per heavy atom. The SMILES string of the molecule is COc1ccc2c(n1)CC(NC(=O)C(CC1CCCC1)c1ccc(S(=O)(=O)N3CCN(c4ccc(F)cc4)CC3)cc1)=N2. The summed E-state index contributed by atoms with van der Waals surface area (Å²) in [4.78, 5) is 24.9. The Bertz CT molecular complexity index is 1600. The molecule has 1 unspecified atom stereocenters. The van der Waals surface area contributed by atoms with E-state index < -0.39 is 15.9 Å². The summed E-state index contributed by atoms with van der Waals surface area (Å²) in [7, 11) is -2.14. The molecule has 1 aliphatic carbocycles. The van der Waals surface area contributed by atoms with Gasteiger partial charge in [0.05, 0.1) is 35.7 Å². The van der Waals surface area contributed by atoms with Crippen molar-refractivity contribution in [2.45, 2.75) is 49.3 Å². The lowest BCUT2D eigenvalue weighted by molar-refractivity contribution is -0.121. The van der Waals surface area contributed by atoms with Gasteiger partial charge in [-0.2, -0.15) is 4.31 Å². The van der Waals surface area contributed by atoms with Gasteiger partial charge in [0.1, 0.15) is 11.7 Å². The lowest BCUT2D eigenvalue weighted by atomic mass is 9.87. The number of amides is 1. The van der Waals surface area contributed by atoms with Crippen molar-refractivity contribution in [1.29, 1.82) is 0 Å². The average Bonchev–Trinajstić information content (AvgIpc) is 3.69. The fourth-order valence-corrected chi connectivity index (χ4v) is 7.72. The third kappa shape index (κ3) is 6.42. The van der Waals surface area contributed by atoms with Crippen LogP contribution < -0.4 is 15.0 Å². The minimum Gasteiger partial charge on any atom is -0.481 e. The van der Waals surface area contributed by atoms with Crippen LogP contribution in [0, 0.1) is 11.7 Å². The molecule has 1 aromatic heterocycles. The topological polar surface area (TPSA) is 104 Å². The Morgan fingerprint density at radius 3 is 2.37 bits per heavy atom. The third-order valence-electron chi connectivity index (χ3n) is 8.70. The first-order chi connectivity index (χ1) is 20.8. The molecule has 1 saturated carbocycles. The molecular weight excluding hydrogens is 569 g/mol. The molecule has 2 fully saturated rings. The number of halogens is 1. The van der Waals surface area contributed by atoms with Crippen LogP contribution in [0.2, 0.25) is 0 Å². The highest BCUT2D eigenvalue weighted by atomic mass is 32.2. The van der Waals surface area contributed by atoms with E-state index in [9.17, 15) is 17.6 Å². The minimum absolute atomic E-state index is 0.141. The summed E-state index contributed by atoms with van der Waals surface area (Å²) >= 11 is 0. The van der Waals surface area contributed by atoms with Gasteiger partial charge in [0.25, 0.3) is 0 Å². The number of pyridine rings is 1. The molecule has 6 rings (SSSR count). The van der Waals surface area contributed by atoms with Crippen molar-refractivity contribution in [1.82, 2.24) is 14.6 Å². The summed E-state index contributed by atoms with van der Waals surface area (Å²) in [6, 6.07) is 16.6. The minimum atomic E-state index is -3.70. The predicted molar refractivity (Wildman–Crippen MR) is 163 cm³/mol. The van der Waals surface area contributed by atoms with Gasteiger partial charge in [-0.1, -0.05) is 37.8 Å². The first kappa shape index (κ1) is 29.3. The van der Waals surface area contributed by atoms with Gasteiger partial charge >= 0.3 is 0 Å². The number of methoxy groups -OCH3 is 1. The van der Waals surface area contributed by atoms with Crippen molar-refractivity contribution in [2.75, 3.05) is 38.2 Å². The molecule has 1 atom stereocenters. The van der Waals surface area contributed by atoms with Crippen LogP contribution in [0.3, 0.4) is 0 Å². The van der Waals surface area contributed by atoms with Gasteiger partial charge in [-0.15, -0.1) is 0 Å². The molecule has 3 heterocycles. The van der Waals surface area contributed by atoms with Gasteiger partial charge in [-0.25, -0.2) is 22.8 Å². The zero-order valence-corrected chi connectivity index (χ0v) is 25.0. The number of nitrogens with one attached hydrogen (secondary N) is 1. The molecular formula is C32H36FN5O4S. The van der Waals surface area contributed by atoms with Gasteiger partial charge in [0.15, 0.2) is 0 Å². The third-order valence-corrected chi connectivity index (χ3v) is 10.6. The summed E-state index contributed by atoms with van der Waals surface area (Å²) in [5, 5.41) is 3.03. The largest absolute Gasteiger partial charge is 0.481 e. The fraction of sp³-hybridized carbons (Fsp3) is 0.406. The Balaban J connectivity index is 1.14. The molecule has 1 N–H and O–H groups in total. The highest BCUT2D eigenvalue weighted by Crippen LogP contribution is 2.35. The molecule has 2 aliphatic heterocycles. The van der Waals surface area contributed by atoms with Crippen LogP contribution in [-0.4, -0.2) is 62.7 Å². The zero-order valence-electron chi connectivity index (χ0n) is 24.2. The van der Waals surface area contributed by atoms with Gasteiger partial charge in [0, 0.05) is 37.9 Å². The van der Waals surface area contributed by atoms with E-state index in [1.54, 1.807) is 49.6 Å². The summed E-state index contributed by atoms with van der Waals surface area (Å²) in [5.74, 6) is 0.644. The van der Waals surface area contributed by atoms with Crippen molar-refractivity contribution < 1.29 is 22.3 Å². The molecule has 0 bridgehead atoms. The number of hydrogen-bond donors (Lipinski definition) is 1. The van der Waals surface area contributed by atoms with Crippen molar-refractivity contribution in [3.8, 4) is 5.88 Å². The molecule has 9 nitrogen and oxygen atoms in total. The Hall–Kier alpha value is -3.83. The number of carbonyl (C=O) groups excluding carboxylic acids is 1. The Kier molecular flexibility index (Phi) is 8.45. The number of ether oxygens (including phenoxy) is 1. The molecule has 0 radical (unpaired) electrons. The molecule has 43 heavy (non-hydrogen) atoms. The molecule has 3 aromatic rings. The van der Waals surface area contributed by atoms with Crippen LogP contribution in [0.25, 0.3) is 0 Å². The molecule has 0 spiro atoms. The van der Waals surface area contributed by atoms with Crippen LogP contribution in [0.15, 0.2) is 70.6 Å². The summed E-state index contributed by atoms with van der Waals surface area (Å²) in [6.45, 7) is 1.70. The summed E-state index contributed by atoms with van der Waals surface area (Å²) in [5.41, 5.74) is 3.14. The number of anilines is 1. The number of aliphatic imine (C=N–C) groups is 1. The normalized spacial score (nSPS) is 18.3. The summed E-state index contributed by atoms with van der Waals surface area (Å²) < 4.78 is 47.0. The first-order valence-corrected chi connectivity index (χ1v) is 16.3. The quantitative estimate of drug-likeness (QED) is 0.396. The number of fused-ring (bicyclic) bond motifs is 1. The molecule has 3 aliphatic rings. The standard InChI is InChI=1S/C32H36FN5O4S/c1-42-31-15-14-28-29(35-31)21-30(34-28)36-32(39)27(20-22-4-2-3-5-22)23-6-12-26(13-7-23)43(40,41)38-18-16-37(17-19-38)25-10-8-24(33)9-11-25/h6-15,22,27H,2-5,16-21H2,1H3,(H,34,36,39). The van der Waals surface area contributed by atoms with E-state index in [2.05, 4.69) is 20.2 Å². The number of piperazine rings is 1. The summed E-state index contributed by atoms with van der Waals surface area (Å²) in [6.07, 6.45) is 5.64. The van der Waals surface area contributed by atoms with Gasteiger partial charge in [-0.3, -0.25) is 4.79 Å². The molecule has 1 amide bonds. The molecule has 11 heteroatoms. The highest BCUT2D eigenvalue weighted by Gasteiger charge is 2.31. The highest BCUT2D eigenvalue weighted by molar-refractivity contribution is 7.89. The van der Waals surface area contributed by atoms with Crippen LogP contribution in [0.4, 0.5) is 15.8 Å². The van der Waals surface area contributed by atoms with Gasteiger partial charge in [0.2, 0.25) is 21.8 Å². The zero-order chi connectivity index (χ0) is 30.0. The van der Waals surface area contributed by atoms with E-state index in [-0.39, 0.29) is 16.6 Å². The van der Waals surface area contributed by atoms with E-state index in [4.69, 9.17) is 4.74 Å². The van der Waals surface area contributed by atoms with Crippen molar-refractivity contribution >= 4 is 33.1 Å². The van der Waals surface area contributed by atoms with Crippen LogP contribution in [-0.2, 0) is 21.2 Å². The van der Waals surface area contributed by atoms with Crippen molar-refractivity contribution in [2.24, 2.45) is 10.9 Å². The number of amidine groups is 1. The number of nitrogens with zero attached hydrogens (tertiary/aromatic N) is 4. The van der Waals surface area contributed by atoms with Crippen molar-refractivity contribution in [3.05, 3.63) is 77.7 Å². The van der Waals surface area contributed by atoms with Crippen LogP contribution in [0.1, 0.15) is 49.3 Å². The predicted octanol–water partition coefficient (Wildman–Crippen LogP) is 4.81. The molecule has 1 saturated heterocycles. The Labute approximate surface area is 251 Å². The van der Waals surface area contributed by atoms with E-state index in [1.165, 1.54) is 29.3 Å². The second-order valence-corrected chi connectivity index (χ2v) is 13.4. The fourth-order valence-electron chi connectivity index (χ4n) is 6.30. The number of carbonyl (C=O) groups is 1. The molecule has 226 valence electrons. The average molecular weight is 606 g/mol. The van der Waals surface area contributed by atoms with Gasteiger partial charge in [-0.05, 0) is 60.4 Å². The maximum absolute atomic E-state index is 13.7. The lowest BCUT2D eigenvalue weighted by Crippen LogP contribution is -2.48. The van der Waals surface area contributed by atoms with Crippen molar-refractivity contribution in [3.63, 3.8) is 0 Å². The maximum atomic E-state index is 13.7. The lowest BCUT2D eigenvalue weighted by Gasteiger charge is -2.35. The van der Waals surface area contributed by atoms with E-state index in [0.717, 1.165) is 35.5 Å². The van der Waals surface area contributed by atoms with Gasteiger partial charge < -0.3 is 15.0 Å². The number of benzene rings is 2. The number of sulfonamides is 1. The second kappa shape index (κ2) is 12.4. The number of aromatic nitrogens is 1. The van der Waals surface area contributed by atoms with Crippen LogP contribution >= 0.6 is 0 Å². The van der Waals surface area contributed by atoms with E-state index in [0.29, 0.717) is 56.7 Å². The second-order valence-electron chi connectivity index (χ2n) is 11.4. The van der Waals surface area contributed by atoms with E-state index >= 15 is 0 Å². The monoisotopic (exact) mass is 605 g/mol. The number of rotatable bonds is 8.